The largest absolute Gasteiger partial charge is 0.417 e. The van der Waals surface area contributed by atoms with E-state index < -0.39 is 28.9 Å². The molecule has 6 heteroatoms. The van der Waals surface area contributed by atoms with Gasteiger partial charge < -0.3 is 10.8 Å². The van der Waals surface area contributed by atoms with Gasteiger partial charge in [0, 0.05) is 6.04 Å². The third kappa shape index (κ3) is 2.87. The van der Waals surface area contributed by atoms with Crippen LogP contribution in [0.2, 0.25) is 5.02 Å². The van der Waals surface area contributed by atoms with Crippen molar-refractivity contribution in [3.63, 3.8) is 0 Å². The zero-order valence-corrected chi connectivity index (χ0v) is 9.18. The highest BCUT2D eigenvalue weighted by atomic mass is 35.5. The summed E-state index contributed by atoms with van der Waals surface area (Å²) in [4.78, 5) is 0. The number of aliphatic hydroxyl groups is 1. The van der Waals surface area contributed by atoms with E-state index in [2.05, 4.69) is 0 Å². The Morgan fingerprint density at radius 1 is 1.38 bits per heavy atom. The van der Waals surface area contributed by atoms with Crippen LogP contribution in [0.25, 0.3) is 0 Å². The van der Waals surface area contributed by atoms with Gasteiger partial charge >= 0.3 is 6.18 Å². The van der Waals surface area contributed by atoms with Crippen molar-refractivity contribution in [3.05, 3.63) is 34.3 Å². The van der Waals surface area contributed by atoms with E-state index in [1.807, 2.05) is 0 Å². The fourth-order valence-corrected chi connectivity index (χ4v) is 1.54. The smallest absolute Gasteiger partial charge is 0.387 e. The number of hydrogen-bond acceptors (Lipinski definition) is 2. The first kappa shape index (κ1) is 13.3. The lowest BCUT2D eigenvalue weighted by atomic mass is 10.0. The van der Waals surface area contributed by atoms with Crippen LogP contribution in [0.3, 0.4) is 0 Å². The molecule has 0 fully saturated rings. The molecule has 2 atom stereocenters. The molecule has 3 N–H and O–H groups in total. The molecule has 0 heterocycles. The lowest BCUT2D eigenvalue weighted by Gasteiger charge is -2.16. The van der Waals surface area contributed by atoms with Gasteiger partial charge in [-0.25, -0.2) is 0 Å². The number of hydrogen-bond donors (Lipinski definition) is 2. The number of benzene rings is 1. The molecule has 0 saturated heterocycles. The van der Waals surface area contributed by atoms with Crippen molar-refractivity contribution in [1.29, 1.82) is 0 Å². The summed E-state index contributed by atoms with van der Waals surface area (Å²) in [5.74, 6) is 0. The van der Waals surface area contributed by atoms with Crippen LogP contribution >= 0.6 is 11.6 Å². The minimum absolute atomic E-state index is 0.271. The summed E-state index contributed by atoms with van der Waals surface area (Å²) in [6, 6.07) is 2.51. The molecular weight excluding hydrogens is 243 g/mol. The van der Waals surface area contributed by atoms with E-state index in [1.54, 1.807) is 6.92 Å². The SMILES string of the molecule is C[C@@H](N)[C@@H](O)c1ccc(C(F)(F)F)c(Cl)c1. The maximum absolute atomic E-state index is 12.4. The van der Waals surface area contributed by atoms with Crippen LogP contribution in [0.15, 0.2) is 18.2 Å². The third-order valence-corrected chi connectivity index (χ3v) is 2.45. The van der Waals surface area contributed by atoms with Gasteiger partial charge in [0.25, 0.3) is 0 Å². The van der Waals surface area contributed by atoms with Crippen molar-refractivity contribution in [3.8, 4) is 0 Å². The lowest BCUT2D eigenvalue weighted by Crippen LogP contribution is -2.24. The van der Waals surface area contributed by atoms with Crippen molar-refractivity contribution in [2.75, 3.05) is 0 Å². The standard InChI is InChI=1S/C10H11ClF3NO/c1-5(15)9(16)6-2-3-7(8(11)4-6)10(12,13)14/h2-5,9,16H,15H2,1H3/t5-,9-/m1/s1. The van der Waals surface area contributed by atoms with E-state index in [-0.39, 0.29) is 5.56 Å². The van der Waals surface area contributed by atoms with Crippen LogP contribution in [-0.2, 0) is 6.18 Å². The average molecular weight is 254 g/mol. The van der Waals surface area contributed by atoms with E-state index >= 15 is 0 Å². The van der Waals surface area contributed by atoms with Gasteiger partial charge in [-0.1, -0.05) is 17.7 Å². The molecule has 0 radical (unpaired) electrons. The summed E-state index contributed by atoms with van der Waals surface area (Å²) >= 11 is 5.49. The Kier molecular flexibility index (Phi) is 3.83. The molecule has 0 amide bonds. The topological polar surface area (TPSA) is 46.2 Å². The molecule has 90 valence electrons. The molecule has 2 nitrogen and oxygen atoms in total. The second-order valence-corrected chi connectivity index (χ2v) is 3.95. The van der Waals surface area contributed by atoms with Gasteiger partial charge in [0.1, 0.15) is 0 Å². The second-order valence-electron chi connectivity index (χ2n) is 3.54. The van der Waals surface area contributed by atoms with E-state index in [0.29, 0.717) is 0 Å². The molecule has 0 spiro atoms. The summed E-state index contributed by atoms with van der Waals surface area (Å²) in [6.07, 6.45) is -5.52. The normalized spacial score (nSPS) is 15.9. The van der Waals surface area contributed by atoms with Gasteiger partial charge in [-0.05, 0) is 24.6 Å². The van der Waals surface area contributed by atoms with Crippen LogP contribution in [0.4, 0.5) is 13.2 Å². The number of rotatable bonds is 2. The highest BCUT2D eigenvalue weighted by Crippen LogP contribution is 2.35. The molecule has 1 aromatic carbocycles. The highest BCUT2D eigenvalue weighted by molar-refractivity contribution is 6.31. The maximum atomic E-state index is 12.4. The van der Waals surface area contributed by atoms with Crippen molar-refractivity contribution >= 4 is 11.6 Å². The molecule has 16 heavy (non-hydrogen) atoms. The van der Waals surface area contributed by atoms with Crippen LogP contribution in [0, 0.1) is 0 Å². The quantitative estimate of drug-likeness (QED) is 0.851. The molecule has 0 unspecified atom stereocenters. The fraction of sp³-hybridized carbons (Fsp3) is 0.400. The molecule has 0 aliphatic heterocycles. The monoisotopic (exact) mass is 253 g/mol. The van der Waals surface area contributed by atoms with Gasteiger partial charge in [-0.2, -0.15) is 13.2 Å². The summed E-state index contributed by atoms with van der Waals surface area (Å²) < 4.78 is 37.1. The first-order valence-electron chi connectivity index (χ1n) is 4.53. The lowest BCUT2D eigenvalue weighted by molar-refractivity contribution is -0.137. The molecule has 0 bridgehead atoms. The first-order chi connectivity index (χ1) is 7.23. The molecule has 1 aromatic rings. The maximum Gasteiger partial charge on any atom is 0.417 e. The van der Waals surface area contributed by atoms with E-state index in [4.69, 9.17) is 17.3 Å². The zero-order chi connectivity index (χ0) is 12.5. The molecular formula is C10H11ClF3NO. The van der Waals surface area contributed by atoms with Crippen LogP contribution in [-0.4, -0.2) is 11.1 Å². The summed E-state index contributed by atoms with van der Waals surface area (Å²) in [7, 11) is 0. The molecule has 0 aromatic heterocycles. The first-order valence-corrected chi connectivity index (χ1v) is 4.91. The summed E-state index contributed by atoms with van der Waals surface area (Å²) in [5.41, 5.74) is 4.78. The Morgan fingerprint density at radius 3 is 2.31 bits per heavy atom. The Balaban J connectivity index is 3.09. The second kappa shape index (κ2) is 4.61. The Labute approximate surface area is 95.8 Å². The van der Waals surface area contributed by atoms with Gasteiger partial charge in [0.2, 0.25) is 0 Å². The Bertz CT molecular complexity index is 379. The van der Waals surface area contributed by atoms with Crippen molar-refractivity contribution < 1.29 is 18.3 Å². The van der Waals surface area contributed by atoms with Crippen LogP contribution < -0.4 is 5.73 Å². The Morgan fingerprint density at radius 2 is 1.94 bits per heavy atom. The molecule has 0 aliphatic carbocycles. The third-order valence-electron chi connectivity index (χ3n) is 2.14. The minimum atomic E-state index is -4.49. The number of aliphatic hydroxyl groups excluding tert-OH is 1. The van der Waals surface area contributed by atoms with Gasteiger partial charge in [-0.15, -0.1) is 0 Å². The van der Waals surface area contributed by atoms with Crippen LogP contribution in [0.1, 0.15) is 24.2 Å². The molecule has 1 rings (SSSR count). The van der Waals surface area contributed by atoms with E-state index in [0.717, 1.165) is 12.1 Å². The van der Waals surface area contributed by atoms with Crippen molar-refractivity contribution in [2.45, 2.75) is 25.2 Å². The van der Waals surface area contributed by atoms with E-state index in [9.17, 15) is 18.3 Å². The summed E-state index contributed by atoms with van der Waals surface area (Å²) in [5, 5.41) is 9.11. The van der Waals surface area contributed by atoms with Crippen molar-refractivity contribution in [1.82, 2.24) is 0 Å². The minimum Gasteiger partial charge on any atom is -0.387 e. The predicted octanol–water partition coefficient (Wildman–Crippen LogP) is 2.74. The molecule has 0 saturated carbocycles. The Hall–Kier alpha value is -0.780. The molecule has 0 aliphatic rings. The average Bonchev–Trinajstić information content (AvgIpc) is 2.14. The van der Waals surface area contributed by atoms with Gasteiger partial charge in [-0.3, -0.25) is 0 Å². The van der Waals surface area contributed by atoms with Crippen LogP contribution in [0.5, 0.6) is 0 Å². The van der Waals surface area contributed by atoms with Gasteiger partial charge in [0.05, 0.1) is 16.7 Å². The van der Waals surface area contributed by atoms with Crippen molar-refractivity contribution in [2.24, 2.45) is 5.73 Å². The fourth-order valence-electron chi connectivity index (χ4n) is 1.25. The number of nitrogens with two attached hydrogens (primary N) is 1. The van der Waals surface area contributed by atoms with E-state index in [1.165, 1.54) is 6.07 Å². The zero-order valence-electron chi connectivity index (χ0n) is 8.42. The number of alkyl halides is 3. The van der Waals surface area contributed by atoms with Gasteiger partial charge in [0.15, 0.2) is 0 Å². The number of halogens is 4. The summed E-state index contributed by atoms with van der Waals surface area (Å²) in [6.45, 7) is 1.55. The highest BCUT2D eigenvalue weighted by Gasteiger charge is 2.33. The predicted molar refractivity (Wildman–Crippen MR) is 55.1 cm³/mol.